The van der Waals surface area contributed by atoms with E-state index in [-0.39, 0.29) is 5.76 Å². The highest BCUT2D eigenvalue weighted by Crippen LogP contribution is 2.14. The van der Waals surface area contributed by atoms with Crippen molar-refractivity contribution in [2.75, 3.05) is 19.6 Å². The highest BCUT2D eigenvalue weighted by atomic mass is 16.3. The van der Waals surface area contributed by atoms with Crippen LogP contribution in [-0.4, -0.2) is 29.6 Å². The first kappa shape index (κ1) is 12.1. The molecule has 0 radical (unpaired) electrons. The summed E-state index contributed by atoms with van der Waals surface area (Å²) in [5.41, 5.74) is 0.907. The van der Waals surface area contributed by atoms with E-state index in [4.69, 9.17) is 0 Å². The molecule has 0 saturated carbocycles. The van der Waals surface area contributed by atoms with Crippen LogP contribution in [0.3, 0.4) is 0 Å². The topological polar surface area (TPSA) is 23.5 Å². The Morgan fingerprint density at radius 3 is 2.53 bits per heavy atom. The summed E-state index contributed by atoms with van der Waals surface area (Å²) in [6, 6.07) is 0. The molecule has 2 heteroatoms. The summed E-state index contributed by atoms with van der Waals surface area (Å²) in [6.45, 7) is 10.8. The predicted molar refractivity (Wildman–Crippen MR) is 65.0 cm³/mol. The number of aliphatic hydroxyl groups is 1. The van der Waals surface area contributed by atoms with E-state index >= 15 is 0 Å². The highest BCUT2D eigenvalue weighted by Gasteiger charge is 2.10. The maximum Gasteiger partial charge on any atom is 0.111 e. The van der Waals surface area contributed by atoms with Crippen LogP contribution in [0.5, 0.6) is 0 Å². The third kappa shape index (κ3) is 4.34. The van der Waals surface area contributed by atoms with Gasteiger partial charge in [-0.05, 0) is 50.9 Å². The number of hydrogen-bond acceptors (Lipinski definition) is 2. The van der Waals surface area contributed by atoms with Crippen LogP contribution in [0.2, 0.25) is 0 Å². The van der Waals surface area contributed by atoms with E-state index in [1.54, 1.807) is 6.08 Å². The Hall–Kier alpha value is -1.02. The summed E-state index contributed by atoms with van der Waals surface area (Å²) in [5.74, 6) is 0.177. The molecule has 1 heterocycles. The number of likely N-dealkylation sites (tertiary alicyclic amines) is 1. The second-order valence-corrected chi connectivity index (χ2v) is 4.03. The first-order valence-electron chi connectivity index (χ1n) is 5.66. The number of hydrogen-bond donors (Lipinski definition) is 1. The monoisotopic (exact) mass is 207 g/mol. The Morgan fingerprint density at radius 1 is 1.33 bits per heavy atom. The van der Waals surface area contributed by atoms with E-state index in [0.29, 0.717) is 0 Å². The van der Waals surface area contributed by atoms with Crippen molar-refractivity contribution in [3.63, 3.8) is 0 Å². The van der Waals surface area contributed by atoms with Gasteiger partial charge in [-0.2, -0.15) is 0 Å². The molecule has 1 rings (SSSR count). The number of aliphatic hydroxyl groups excluding tert-OH is 1. The van der Waals surface area contributed by atoms with E-state index in [2.05, 4.69) is 18.1 Å². The van der Waals surface area contributed by atoms with Crippen molar-refractivity contribution in [2.45, 2.75) is 25.7 Å². The predicted octanol–water partition coefficient (Wildman–Crippen LogP) is 3.05. The lowest BCUT2D eigenvalue weighted by molar-refractivity contribution is 0.331. The Labute approximate surface area is 92.6 Å². The number of allylic oxidation sites excluding steroid dienone is 3. The van der Waals surface area contributed by atoms with Gasteiger partial charge in [0, 0.05) is 0 Å². The standard InChI is InChI=1S/C13H21NO/c1-3-7-13(12(2)15)8-6-11-14-9-4-5-10-14/h3,7,15H,1-2,4-6,8-11H2/b13-7-. The van der Waals surface area contributed by atoms with E-state index in [1.165, 1.54) is 25.9 Å². The minimum atomic E-state index is 0.177. The van der Waals surface area contributed by atoms with E-state index in [1.807, 2.05) is 6.08 Å². The molecule has 0 aliphatic carbocycles. The smallest absolute Gasteiger partial charge is 0.111 e. The molecule has 0 bridgehead atoms. The molecule has 1 aliphatic rings. The van der Waals surface area contributed by atoms with Gasteiger partial charge < -0.3 is 10.0 Å². The summed E-state index contributed by atoms with van der Waals surface area (Å²) in [4.78, 5) is 2.48. The van der Waals surface area contributed by atoms with Gasteiger partial charge in [0.1, 0.15) is 5.76 Å². The van der Waals surface area contributed by atoms with Gasteiger partial charge in [0.05, 0.1) is 0 Å². The lowest BCUT2D eigenvalue weighted by atomic mass is 10.1. The minimum absolute atomic E-state index is 0.177. The maximum atomic E-state index is 9.31. The molecule has 0 amide bonds. The molecule has 1 N–H and O–H groups in total. The van der Waals surface area contributed by atoms with Crippen LogP contribution in [0.15, 0.2) is 36.6 Å². The fourth-order valence-corrected chi connectivity index (χ4v) is 1.97. The normalized spacial score (nSPS) is 18.0. The molecule has 1 aliphatic heterocycles. The van der Waals surface area contributed by atoms with Crippen molar-refractivity contribution >= 4 is 0 Å². The second kappa shape index (κ2) is 6.46. The fraction of sp³-hybridized carbons (Fsp3) is 0.538. The van der Waals surface area contributed by atoms with E-state index < -0.39 is 0 Å². The maximum absolute atomic E-state index is 9.31. The van der Waals surface area contributed by atoms with Crippen LogP contribution in [-0.2, 0) is 0 Å². The van der Waals surface area contributed by atoms with Crippen molar-refractivity contribution < 1.29 is 5.11 Å². The van der Waals surface area contributed by atoms with Crippen LogP contribution in [0.1, 0.15) is 25.7 Å². The Morgan fingerprint density at radius 2 is 2.00 bits per heavy atom. The zero-order chi connectivity index (χ0) is 11.1. The number of nitrogens with zero attached hydrogens (tertiary/aromatic N) is 1. The van der Waals surface area contributed by atoms with E-state index in [0.717, 1.165) is 25.0 Å². The second-order valence-electron chi connectivity index (χ2n) is 4.03. The molecular formula is C13H21NO. The molecule has 0 aromatic heterocycles. The highest BCUT2D eigenvalue weighted by molar-refractivity contribution is 5.25. The van der Waals surface area contributed by atoms with Crippen molar-refractivity contribution in [3.05, 3.63) is 36.6 Å². The van der Waals surface area contributed by atoms with Crippen LogP contribution in [0, 0.1) is 0 Å². The first-order valence-corrected chi connectivity index (χ1v) is 5.66. The van der Waals surface area contributed by atoms with Crippen LogP contribution in [0.4, 0.5) is 0 Å². The van der Waals surface area contributed by atoms with E-state index in [9.17, 15) is 5.11 Å². The van der Waals surface area contributed by atoms with Crippen molar-refractivity contribution in [1.29, 1.82) is 0 Å². The SMILES string of the molecule is C=C/C=C(/CCCN1CCCC1)C(=C)O. The molecular weight excluding hydrogens is 186 g/mol. The molecule has 15 heavy (non-hydrogen) atoms. The zero-order valence-electron chi connectivity index (χ0n) is 9.41. The molecule has 0 unspecified atom stereocenters. The van der Waals surface area contributed by atoms with Gasteiger partial charge in [0.2, 0.25) is 0 Å². The largest absolute Gasteiger partial charge is 0.508 e. The lowest BCUT2D eigenvalue weighted by Crippen LogP contribution is -2.20. The molecule has 1 saturated heterocycles. The summed E-state index contributed by atoms with van der Waals surface area (Å²) in [5, 5.41) is 9.31. The Bertz CT molecular complexity index is 249. The third-order valence-corrected chi connectivity index (χ3v) is 2.81. The van der Waals surface area contributed by atoms with Gasteiger partial charge in [-0.3, -0.25) is 0 Å². The van der Waals surface area contributed by atoms with Crippen LogP contribution in [0.25, 0.3) is 0 Å². The summed E-state index contributed by atoms with van der Waals surface area (Å²) >= 11 is 0. The van der Waals surface area contributed by atoms with Gasteiger partial charge in [0.25, 0.3) is 0 Å². The van der Waals surface area contributed by atoms with Gasteiger partial charge in [0.15, 0.2) is 0 Å². The Kier molecular flexibility index (Phi) is 5.19. The molecule has 2 nitrogen and oxygen atoms in total. The molecule has 0 aromatic rings. The molecule has 0 aromatic carbocycles. The fourth-order valence-electron chi connectivity index (χ4n) is 1.97. The quantitative estimate of drug-likeness (QED) is 0.534. The molecule has 84 valence electrons. The van der Waals surface area contributed by atoms with Gasteiger partial charge in [-0.15, -0.1) is 0 Å². The number of rotatable bonds is 6. The Balaban J connectivity index is 2.24. The third-order valence-electron chi connectivity index (χ3n) is 2.81. The van der Waals surface area contributed by atoms with Crippen LogP contribution >= 0.6 is 0 Å². The molecule has 0 spiro atoms. The van der Waals surface area contributed by atoms with Crippen LogP contribution < -0.4 is 0 Å². The first-order chi connectivity index (χ1) is 7.24. The summed E-state index contributed by atoms with van der Waals surface area (Å²) in [7, 11) is 0. The summed E-state index contributed by atoms with van der Waals surface area (Å²) < 4.78 is 0. The van der Waals surface area contributed by atoms with Crippen molar-refractivity contribution in [2.24, 2.45) is 0 Å². The van der Waals surface area contributed by atoms with Gasteiger partial charge in [-0.25, -0.2) is 0 Å². The molecule has 1 fully saturated rings. The molecule has 0 atom stereocenters. The summed E-state index contributed by atoms with van der Waals surface area (Å²) in [6.07, 6.45) is 8.18. The van der Waals surface area contributed by atoms with Crippen molar-refractivity contribution in [1.82, 2.24) is 4.90 Å². The van der Waals surface area contributed by atoms with Gasteiger partial charge >= 0.3 is 0 Å². The average molecular weight is 207 g/mol. The van der Waals surface area contributed by atoms with Gasteiger partial charge in [-0.1, -0.05) is 25.3 Å². The zero-order valence-corrected chi connectivity index (χ0v) is 9.41. The average Bonchev–Trinajstić information content (AvgIpc) is 2.69. The minimum Gasteiger partial charge on any atom is -0.508 e. The lowest BCUT2D eigenvalue weighted by Gasteiger charge is -2.14. The van der Waals surface area contributed by atoms with Crippen molar-refractivity contribution in [3.8, 4) is 0 Å².